The van der Waals surface area contributed by atoms with Crippen molar-refractivity contribution in [2.75, 3.05) is 14.2 Å². The quantitative estimate of drug-likeness (QED) is 0.843. The van der Waals surface area contributed by atoms with Gasteiger partial charge in [0.15, 0.2) is 0 Å². The molecular weight excluding hydrogens is 198 g/mol. The minimum absolute atomic E-state index is 0.0982. The van der Waals surface area contributed by atoms with Gasteiger partial charge in [0.1, 0.15) is 5.75 Å². The first-order valence-electron chi connectivity index (χ1n) is 5.76. The topological polar surface area (TPSA) is 21.3 Å². The van der Waals surface area contributed by atoms with E-state index in [1.807, 2.05) is 13.1 Å². The fourth-order valence-electron chi connectivity index (χ4n) is 1.80. The van der Waals surface area contributed by atoms with Gasteiger partial charge in [0, 0.05) is 5.54 Å². The highest BCUT2D eigenvalue weighted by atomic mass is 16.5. The lowest BCUT2D eigenvalue weighted by molar-refractivity contribution is 0.359. The van der Waals surface area contributed by atoms with Gasteiger partial charge in [-0.3, -0.25) is 0 Å². The van der Waals surface area contributed by atoms with E-state index in [0.717, 1.165) is 5.75 Å². The third-order valence-corrected chi connectivity index (χ3v) is 3.65. The molecule has 0 heterocycles. The molecule has 1 unspecified atom stereocenters. The molecule has 0 saturated carbocycles. The Kier molecular flexibility index (Phi) is 3.98. The van der Waals surface area contributed by atoms with Crippen LogP contribution in [0, 0.1) is 6.92 Å². The molecule has 0 saturated heterocycles. The molecule has 0 bridgehead atoms. The maximum atomic E-state index is 5.28. The highest BCUT2D eigenvalue weighted by molar-refractivity contribution is 5.38. The predicted octanol–water partition coefficient (Wildman–Crippen LogP) is 3.11. The van der Waals surface area contributed by atoms with Crippen LogP contribution in [0.15, 0.2) is 18.2 Å². The van der Waals surface area contributed by atoms with Crippen molar-refractivity contribution >= 4 is 0 Å². The molecule has 0 radical (unpaired) electrons. The summed E-state index contributed by atoms with van der Waals surface area (Å²) in [6, 6.07) is 6.41. The number of hydrogen-bond acceptors (Lipinski definition) is 2. The second-order valence-corrected chi connectivity index (χ2v) is 4.92. The van der Waals surface area contributed by atoms with Gasteiger partial charge < -0.3 is 10.1 Å². The second-order valence-electron chi connectivity index (χ2n) is 4.92. The molecule has 2 heteroatoms. The standard InChI is InChI=1S/C14H23NO/c1-10-9-12(7-8-13(10)16-6)11(2)14(3,4)15-5/h7-9,11,15H,1-6H3. The molecule has 16 heavy (non-hydrogen) atoms. The van der Waals surface area contributed by atoms with Gasteiger partial charge in [0.2, 0.25) is 0 Å². The molecule has 0 aliphatic rings. The van der Waals surface area contributed by atoms with E-state index >= 15 is 0 Å². The molecule has 1 N–H and O–H groups in total. The van der Waals surface area contributed by atoms with E-state index in [0.29, 0.717) is 5.92 Å². The Morgan fingerprint density at radius 3 is 2.38 bits per heavy atom. The molecule has 90 valence electrons. The van der Waals surface area contributed by atoms with Crippen LogP contribution in [0.2, 0.25) is 0 Å². The Labute approximate surface area is 99.0 Å². The third-order valence-electron chi connectivity index (χ3n) is 3.65. The van der Waals surface area contributed by atoms with Gasteiger partial charge >= 0.3 is 0 Å². The van der Waals surface area contributed by atoms with Crippen molar-refractivity contribution in [1.29, 1.82) is 0 Å². The van der Waals surface area contributed by atoms with Gasteiger partial charge in [-0.25, -0.2) is 0 Å². The highest BCUT2D eigenvalue weighted by Crippen LogP contribution is 2.30. The smallest absolute Gasteiger partial charge is 0.121 e. The summed E-state index contributed by atoms with van der Waals surface area (Å²) in [7, 11) is 3.72. The van der Waals surface area contributed by atoms with E-state index in [1.54, 1.807) is 7.11 Å². The molecule has 0 spiro atoms. The van der Waals surface area contributed by atoms with E-state index in [-0.39, 0.29) is 5.54 Å². The zero-order chi connectivity index (χ0) is 12.3. The molecule has 1 rings (SSSR count). The van der Waals surface area contributed by atoms with Gasteiger partial charge in [-0.05, 0) is 50.9 Å². The van der Waals surface area contributed by atoms with Crippen LogP contribution in [0.4, 0.5) is 0 Å². The first-order chi connectivity index (χ1) is 7.42. The molecule has 0 aromatic heterocycles. The van der Waals surface area contributed by atoms with Crippen molar-refractivity contribution < 1.29 is 4.74 Å². The van der Waals surface area contributed by atoms with E-state index in [2.05, 4.69) is 45.1 Å². The summed E-state index contributed by atoms with van der Waals surface area (Å²) in [5, 5.41) is 3.36. The predicted molar refractivity (Wildman–Crippen MR) is 69.3 cm³/mol. The van der Waals surface area contributed by atoms with E-state index in [9.17, 15) is 0 Å². The third kappa shape index (κ3) is 2.56. The summed E-state index contributed by atoms with van der Waals surface area (Å²) in [4.78, 5) is 0. The van der Waals surface area contributed by atoms with Crippen molar-refractivity contribution in [3.63, 3.8) is 0 Å². The summed E-state index contributed by atoms with van der Waals surface area (Å²) >= 11 is 0. The van der Waals surface area contributed by atoms with Crippen LogP contribution < -0.4 is 10.1 Å². The molecule has 0 amide bonds. The SMILES string of the molecule is CNC(C)(C)C(C)c1ccc(OC)c(C)c1. The van der Waals surface area contributed by atoms with Crippen LogP contribution in [0.25, 0.3) is 0 Å². The average molecular weight is 221 g/mol. The summed E-state index contributed by atoms with van der Waals surface area (Å²) < 4.78 is 5.28. The Hall–Kier alpha value is -1.02. The van der Waals surface area contributed by atoms with E-state index < -0.39 is 0 Å². The lowest BCUT2D eigenvalue weighted by atomic mass is 9.83. The Morgan fingerprint density at radius 2 is 1.94 bits per heavy atom. The van der Waals surface area contributed by atoms with Gasteiger partial charge in [0.05, 0.1) is 7.11 Å². The number of nitrogens with one attached hydrogen (secondary N) is 1. The number of hydrogen-bond donors (Lipinski definition) is 1. The van der Waals surface area contributed by atoms with Gasteiger partial charge in [-0.2, -0.15) is 0 Å². The summed E-state index contributed by atoms with van der Waals surface area (Å²) in [6.07, 6.45) is 0. The van der Waals surface area contributed by atoms with Crippen LogP contribution in [0.1, 0.15) is 37.8 Å². The van der Waals surface area contributed by atoms with Crippen LogP contribution in [0.5, 0.6) is 5.75 Å². The fourth-order valence-corrected chi connectivity index (χ4v) is 1.80. The Balaban J connectivity index is 3.02. The summed E-state index contributed by atoms with van der Waals surface area (Å²) in [6.45, 7) is 8.77. The normalized spacial score (nSPS) is 13.6. The summed E-state index contributed by atoms with van der Waals surface area (Å²) in [5.74, 6) is 1.42. The minimum atomic E-state index is 0.0982. The molecular formula is C14H23NO. The average Bonchev–Trinajstić information content (AvgIpc) is 2.27. The highest BCUT2D eigenvalue weighted by Gasteiger charge is 2.25. The van der Waals surface area contributed by atoms with Crippen LogP contribution >= 0.6 is 0 Å². The number of likely N-dealkylation sites (N-methyl/N-ethyl adjacent to an activating group) is 1. The molecule has 0 fully saturated rings. The van der Waals surface area contributed by atoms with Crippen LogP contribution in [-0.4, -0.2) is 19.7 Å². The number of aryl methyl sites for hydroxylation is 1. The fraction of sp³-hybridized carbons (Fsp3) is 0.571. The van der Waals surface area contributed by atoms with Gasteiger partial charge in [-0.15, -0.1) is 0 Å². The largest absolute Gasteiger partial charge is 0.496 e. The van der Waals surface area contributed by atoms with E-state index in [4.69, 9.17) is 4.74 Å². The van der Waals surface area contributed by atoms with E-state index in [1.165, 1.54) is 11.1 Å². The Morgan fingerprint density at radius 1 is 1.31 bits per heavy atom. The first kappa shape index (κ1) is 13.0. The van der Waals surface area contributed by atoms with Crippen molar-refractivity contribution in [2.45, 2.75) is 39.2 Å². The van der Waals surface area contributed by atoms with Crippen molar-refractivity contribution in [1.82, 2.24) is 5.32 Å². The zero-order valence-corrected chi connectivity index (χ0v) is 11.2. The number of ether oxygens (including phenoxy) is 1. The molecule has 0 aliphatic carbocycles. The first-order valence-corrected chi connectivity index (χ1v) is 5.76. The van der Waals surface area contributed by atoms with Crippen molar-refractivity contribution in [3.8, 4) is 5.75 Å². The molecule has 1 atom stereocenters. The minimum Gasteiger partial charge on any atom is -0.496 e. The zero-order valence-electron chi connectivity index (χ0n) is 11.2. The lowest BCUT2D eigenvalue weighted by Gasteiger charge is -2.32. The van der Waals surface area contributed by atoms with Gasteiger partial charge in [-0.1, -0.05) is 19.1 Å². The van der Waals surface area contributed by atoms with Crippen molar-refractivity contribution in [3.05, 3.63) is 29.3 Å². The van der Waals surface area contributed by atoms with Gasteiger partial charge in [0.25, 0.3) is 0 Å². The number of rotatable bonds is 4. The lowest BCUT2D eigenvalue weighted by Crippen LogP contribution is -2.41. The summed E-state index contributed by atoms with van der Waals surface area (Å²) in [5.41, 5.74) is 2.64. The monoisotopic (exact) mass is 221 g/mol. The number of methoxy groups -OCH3 is 1. The maximum absolute atomic E-state index is 5.28. The Bertz CT molecular complexity index is 358. The molecule has 2 nitrogen and oxygen atoms in total. The molecule has 1 aromatic rings. The van der Waals surface area contributed by atoms with Crippen molar-refractivity contribution in [2.24, 2.45) is 0 Å². The van der Waals surface area contributed by atoms with Crippen LogP contribution in [-0.2, 0) is 0 Å². The second kappa shape index (κ2) is 4.88. The molecule has 0 aliphatic heterocycles. The molecule has 1 aromatic carbocycles. The van der Waals surface area contributed by atoms with Crippen LogP contribution in [0.3, 0.4) is 0 Å². The maximum Gasteiger partial charge on any atom is 0.121 e. The number of benzene rings is 1.